The first kappa shape index (κ1) is 22.7. The summed E-state index contributed by atoms with van der Waals surface area (Å²) < 4.78 is 5.27. The van der Waals surface area contributed by atoms with Crippen LogP contribution in [0.25, 0.3) is 10.4 Å². The Morgan fingerprint density at radius 2 is 1.97 bits per heavy atom. The third kappa shape index (κ3) is 4.68. The van der Waals surface area contributed by atoms with Crippen LogP contribution in [0.4, 0.5) is 9.93 Å². The van der Waals surface area contributed by atoms with E-state index in [0.29, 0.717) is 18.1 Å². The molecule has 4 rings (SSSR count). The van der Waals surface area contributed by atoms with Crippen molar-refractivity contribution in [2.24, 2.45) is 5.73 Å². The first-order chi connectivity index (χ1) is 15.8. The molecule has 1 atom stereocenters. The number of primary amides is 1. The van der Waals surface area contributed by atoms with Crippen molar-refractivity contribution in [2.45, 2.75) is 38.1 Å². The quantitative estimate of drug-likeness (QED) is 0.571. The van der Waals surface area contributed by atoms with Gasteiger partial charge in [-0.15, -0.1) is 0 Å². The predicted octanol–water partition coefficient (Wildman–Crippen LogP) is 4.02. The first-order valence-electron chi connectivity index (χ1n) is 10.7. The highest BCUT2D eigenvalue weighted by molar-refractivity contribution is 7.19. The van der Waals surface area contributed by atoms with Gasteiger partial charge in [0.25, 0.3) is 0 Å². The molecule has 0 bridgehead atoms. The van der Waals surface area contributed by atoms with Crippen molar-refractivity contribution < 1.29 is 14.3 Å². The molecule has 0 aliphatic carbocycles. The highest BCUT2D eigenvalue weighted by Gasteiger charge is 2.33. The summed E-state index contributed by atoms with van der Waals surface area (Å²) in [6, 6.07) is 11.0. The van der Waals surface area contributed by atoms with Crippen molar-refractivity contribution in [1.82, 2.24) is 14.9 Å². The summed E-state index contributed by atoms with van der Waals surface area (Å²) in [5.74, 6) is 0.331. The summed E-state index contributed by atoms with van der Waals surface area (Å²) in [6.45, 7) is 4.76. The number of nitrogens with two attached hydrogens (primary N) is 1. The summed E-state index contributed by atoms with van der Waals surface area (Å²) in [5, 5.41) is 3.27. The van der Waals surface area contributed by atoms with Crippen LogP contribution in [0.2, 0.25) is 0 Å². The molecule has 1 aromatic carbocycles. The van der Waals surface area contributed by atoms with E-state index in [1.165, 1.54) is 16.2 Å². The van der Waals surface area contributed by atoms with Gasteiger partial charge in [0.05, 0.1) is 17.7 Å². The standard InChI is InChI=1S/C24H27N5O3S/c1-24(2,16-6-8-17(32-3)9-7-16)20-13-15(10-11-26-20)19-14-27-22(33-19)28-23(31)29-12-4-5-18(29)21(25)30/h6-11,13-14,18H,4-5,12H2,1-3H3,(H2,25,30)(H,27,28,31). The lowest BCUT2D eigenvalue weighted by Gasteiger charge is -2.25. The van der Waals surface area contributed by atoms with E-state index in [-0.39, 0.29) is 11.4 Å². The van der Waals surface area contributed by atoms with Crippen LogP contribution < -0.4 is 15.8 Å². The lowest BCUT2D eigenvalue weighted by atomic mass is 9.80. The monoisotopic (exact) mass is 465 g/mol. The number of pyridine rings is 1. The number of hydrogen-bond donors (Lipinski definition) is 2. The smallest absolute Gasteiger partial charge is 0.324 e. The van der Waals surface area contributed by atoms with Gasteiger partial charge in [0.2, 0.25) is 5.91 Å². The van der Waals surface area contributed by atoms with Crippen molar-refractivity contribution in [1.29, 1.82) is 0 Å². The molecule has 1 fully saturated rings. The molecule has 0 radical (unpaired) electrons. The number of methoxy groups -OCH3 is 1. The fraction of sp³-hybridized carbons (Fsp3) is 0.333. The third-order valence-electron chi connectivity index (χ3n) is 6.06. The lowest BCUT2D eigenvalue weighted by Crippen LogP contribution is -2.45. The Morgan fingerprint density at radius 1 is 1.21 bits per heavy atom. The minimum Gasteiger partial charge on any atom is -0.497 e. The highest BCUT2D eigenvalue weighted by atomic mass is 32.1. The van der Waals surface area contributed by atoms with Gasteiger partial charge in [-0.05, 0) is 48.2 Å². The number of ether oxygens (including phenoxy) is 1. The van der Waals surface area contributed by atoms with E-state index in [1.807, 2.05) is 36.4 Å². The maximum absolute atomic E-state index is 12.6. The number of benzene rings is 1. The predicted molar refractivity (Wildman–Crippen MR) is 128 cm³/mol. The van der Waals surface area contributed by atoms with E-state index in [4.69, 9.17) is 10.5 Å². The van der Waals surface area contributed by atoms with Crippen molar-refractivity contribution >= 4 is 28.4 Å². The first-order valence-corrected chi connectivity index (χ1v) is 11.6. The normalized spacial score (nSPS) is 16.0. The molecule has 3 heterocycles. The Morgan fingerprint density at radius 3 is 2.67 bits per heavy atom. The minimum atomic E-state index is -0.563. The van der Waals surface area contributed by atoms with E-state index in [0.717, 1.165) is 33.9 Å². The van der Waals surface area contributed by atoms with E-state index in [2.05, 4.69) is 29.1 Å². The number of anilines is 1. The van der Waals surface area contributed by atoms with Crippen molar-refractivity contribution in [3.05, 3.63) is 60.0 Å². The Labute approximate surface area is 196 Å². The zero-order chi connectivity index (χ0) is 23.6. The Kier molecular flexibility index (Phi) is 6.33. The minimum absolute atomic E-state index is 0.316. The summed E-state index contributed by atoms with van der Waals surface area (Å²) in [5.41, 5.74) is 8.12. The number of hydrogen-bond acceptors (Lipinski definition) is 6. The third-order valence-corrected chi connectivity index (χ3v) is 7.02. The largest absolute Gasteiger partial charge is 0.497 e. The Bertz CT molecular complexity index is 1160. The summed E-state index contributed by atoms with van der Waals surface area (Å²) in [6.07, 6.45) is 4.87. The summed E-state index contributed by atoms with van der Waals surface area (Å²) in [7, 11) is 1.65. The molecule has 1 aliphatic heterocycles. The number of amides is 3. The van der Waals surface area contributed by atoms with Crippen LogP contribution >= 0.6 is 11.3 Å². The molecule has 33 heavy (non-hydrogen) atoms. The lowest BCUT2D eigenvalue weighted by molar-refractivity contribution is -0.121. The fourth-order valence-electron chi connectivity index (χ4n) is 4.02. The number of aromatic nitrogens is 2. The zero-order valence-corrected chi connectivity index (χ0v) is 19.7. The molecule has 3 aromatic rings. The Balaban J connectivity index is 1.52. The molecule has 3 amide bonds. The van der Waals surface area contributed by atoms with Crippen molar-refractivity contribution in [2.75, 3.05) is 19.0 Å². The van der Waals surface area contributed by atoms with Crippen LogP contribution in [0.15, 0.2) is 48.8 Å². The summed E-state index contributed by atoms with van der Waals surface area (Å²) >= 11 is 1.37. The van der Waals surface area contributed by atoms with Crippen LogP contribution in [0, 0.1) is 0 Å². The maximum atomic E-state index is 12.6. The van der Waals surface area contributed by atoms with Gasteiger partial charge in [0, 0.05) is 24.4 Å². The zero-order valence-electron chi connectivity index (χ0n) is 18.9. The molecule has 0 saturated carbocycles. The van der Waals surface area contributed by atoms with Crippen molar-refractivity contribution in [3.8, 4) is 16.2 Å². The Hall–Kier alpha value is -3.46. The van der Waals surface area contributed by atoms with E-state index < -0.39 is 11.9 Å². The number of carbonyl (C=O) groups excluding carboxylic acids is 2. The molecular weight excluding hydrogens is 438 g/mol. The molecule has 3 N–H and O–H groups in total. The molecule has 1 unspecified atom stereocenters. The summed E-state index contributed by atoms with van der Waals surface area (Å²) in [4.78, 5) is 35.6. The van der Waals surface area contributed by atoms with Gasteiger partial charge in [-0.2, -0.15) is 0 Å². The van der Waals surface area contributed by atoms with E-state index in [9.17, 15) is 9.59 Å². The second-order valence-corrected chi connectivity index (χ2v) is 9.53. The number of likely N-dealkylation sites (tertiary alicyclic amines) is 1. The van der Waals surface area contributed by atoms with Gasteiger partial charge in [0.15, 0.2) is 5.13 Å². The van der Waals surface area contributed by atoms with Gasteiger partial charge in [-0.25, -0.2) is 9.78 Å². The maximum Gasteiger partial charge on any atom is 0.324 e. The SMILES string of the molecule is COc1ccc(C(C)(C)c2cc(-c3cnc(NC(=O)N4CCCC4C(N)=O)s3)ccn2)cc1. The average molecular weight is 466 g/mol. The molecule has 9 heteroatoms. The van der Waals surface area contributed by atoms with Gasteiger partial charge in [-0.1, -0.05) is 37.3 Å². The number of nitrogens with one attached hydrogen (secondary N) is 1. The second kappa shape index (κ2) is 9.19. The van der Waals surface area contributed by atoms with Crippen LogP contribution in [0.5, 0.6) is 5.75 Å². The van der Waals surface area contributed by atoms with Gasteiger partial charge >= 0.3 is 6.03 Å². The van der Waals surface area contributed by atoms with Crippen LogP contribution in [-0.2, 0) is 10.2 Å². The number of rotatable bonds is 6. The molecule has 0 spiro atoms. The van der Waals surface area contributed by atoms with Crippen LogP contribution in [0.3, 0.4) is 0 Å². The van der Waals surface area contributed by atoms with Crippen LogP contribution in [-0.4, -0.2) is 46.5 Å². The fourth-order valence-corrected chi connectivity index (χ4v) is 4.82. The number of carbonyl (C=O) groups is 2. The van der Waals surface area contributed by atoms with Crippen molar-refractivity contribution in [3.63, 3.8) is 0 Å². The number of urea groups is 1. The topological polar surface area (TPSA) is 110 Å². The molecule has 172 valence electrons. The molecule has 2 aromatic heterocycles. The molecule has 1 saturated heterocycles. The van der Waals surface area contributed by atoms with Gasteiger partial charge < -0.3 is 15.4 Å². The van der Waals surface area contributed by atoms with E-state index >= 15 is 0 Å². The molecule has 1 aliphatic rings. The highest BCUT2D eigenvalue weighted by Crippen LogP contribution is 2.35. The van der Waals surface area contributed by atoms with Gasteiger partial charge in [0.1, 0.15) is 11.8 Å². The number of nitrogens with zero attached hydrogens (tertiary/aromatic N) is 3. The average Bonchev–Trinajstić information content (AvgIpc) is 3.49. The van der Waals surface area contributed by atoms with E-state index in [1.54, 1.807) is 19.5 Å². The van der Waals surface area contributed by atoms with Gasteiger partial charge in [-0.3, -0.25) is 15.1 Å². The van der Waals surface area contributed by atoms with Crippen LogP contribution in [0.1, 0.15) is 37.9 Å². The molecular formula is C24H27N5O3S. The molecule has 8 nitrogen and oxygen atoms in total. The second-order valence-electron chi connectivity index (χ2n) is 8.50. The number of thiazole rings is 1.